The van der Waals surface area contributed by atoms with E-state index in [9.17, 15) is 4.39 Å². The Balaban J connectivity index is 2.14. The first-order chi connectivity index (χ1) is 8.61. The first-order valence-corrected chi connectivity index (χ1v) is 6.55. The topological polar surface area (TPSA) is 34.1 Å². The number of aromatic nitrogens is 1. The molecule has 0 aliphatic carbocycles. The lowest BCUT2D eigenvalue weighted by Gasteiger charge is -2.10. The molecule has 18 heavy (non-hydrogen) atoms. The summed E-state index contributed by atoms with van der Waals surface area (Å²) in [5, 5.41) is 3.18. The smallest absolute Gasteiger partial charge is 0.189 e. The minimum Gasteiger partial charge on any atom is -0.492 e. The number of nitrogens with zero attached hydrogens (tertiary/aromatic N) is 1. The van der Waals surface area contributed by atoms with Crippen molar-refractivity contribution in [3.8, 4) is 5.75 Å². The third kappa shape index (κ3) is 2.85. The molecule has 2 aromatic rings. The number of benzene rings is 1. The number of rotatable bonds is 4. The summed E-state index contributed by atoms with van der Waals surface area (Å²) in [5.74, 6) is -0.482. The summed E-state index contributed by atoms with van der Waals surface area (Å²) >= 11 is 12.9. The van der Waals surface area contributed by atoms with Gasteiger partial charge < -0.3 is 10.1 Å². The molecule has 1 N–H and O–H groups in total. The molecule has 0 spiro atoms. The maximum absolute atomic E-state index is 13.9. The number of hydrogen-bond acceptors (Lipinski definition) is 4. The Morgan fingerprint density at radius 1 is 1.44 bits per heavy atom. The zero-order chi connectivity index (χ0) is 13.1. The molecule has 0 bridgehead atoms. The van der Waals surface area contributed by atoms with Crippen molar-refractivity contribution in [3.05, 3.63) is 38.5 Å². The molecule has 0 atom stereocenters. The van der Waals surface area contributed by atoms with Crippen LogP contribution in [0.15, 0.2) is 18.3 Å². The molecular formula is C11H9Cl2FN2OS. The van der Waals surface area contributed by atoms with Crippen LogP contribution in [0.5, 0.6) is 5.75 Å². The second-order valence-corrected chi connectivity index (χ2v) is 5.48. The molecule has 1 aromatic carbocycles. The summed E-state index contributed by atoms with van der Waals surface area (Å²) in [6, 6.07) is 3.13. The van der Waals surface area contributed by atoms with Crippen molar-refractivity contribution in [2.24, 2.45) is 0 Å². The molecule has 2 rings (SSSR count). The van der Waals surface area contributed by atoms with Crippen LogP contribution in [0, 0.1) is 5.82 Å². The average Bonchev–Trinajstić information content (AvgIpc) is 2.75. The summed E-state index contributed by atoms with van der Waals surface area (Å²) in [4.78, 5) is 4.81. The van der Waals surface area contributed by atoms with Gasteiger partial charge in [-0.15, -0.1) is 11.3 Å². The van der Waals surface area contributed by atoms with Gasteiger partial charge in [-0.2, -0.15) is 0 Å². The van der Waals surface area contributed by atoms with Gasteiger partial charge in [0, 0.05) is 11.1 Å². The van der Waals surface area contributed by atoms with Gasteiger partial charge >= 0.3 is 0 Å². The highest BCUT2D eigenvalue weighted by molar-refractivity contribution is 7.15. The Morgan fingerprint density at radius 2 is 2.22 bits per heavy atom. The maximum Gasteiger partial charge on any atom is 0.189 e. The van der Waals surface area contributed by atoms with E-state index in [2.05, 4.69) is 10.3 Å². The molecular weight excluding hydrogens is 298 g/mol. The van der Waals surface area contributed by atoms with Crippen molar-refractivity contribution < 1.29 is 9.13 Å². The van der Waals surface area contributed by atoms with E-state index in [1.54, 1.807) is 18.3 Å². The lowest BCUT2D eigenvalue weighted by molar-refractivity contribution is 0.387. The number of halogens is 3. The lowest BCUT2D eigenvalue weighted by Crippen LogP contribution is -2.01. The predicted molar refractivity (Wildman–Crippen MR) is 72.4 cm³/mol. The summed E-state index contributed by atoms with van der Waals surface area (Å²) in [5.41, 5.74) is 0.320. The van der Waals surface area contributed by atoms with Crippen LogP contribution in [-0.2, 0) is 6.54 Å². The van der Waals surface area contributed by atoms with Gasteiger partial charge in [0.1, 0.15) is 0 Å². The molecule has 96 valence electrons. The Hall–Kier alpha value is -1.04. The quantitative estimate of drug-likeness (QED) is 0.919. The van der Waals surface area contributed by atoms with Crippen molar-refractivity contribution in [2.75, 3.05) is 12.4 Å². The largest absolute Gasteiger partial charge is 0.492 e. The fourth-order valence-electron chi connectivity index (χ4n) is 1.40. The zero-order valence-corrected chi connectivity index (χ0v) is 11.7. The fraction of sp³-hybridized carbons (Fsp3) is 0.182. The molecule has 1 heterocycles. The monoisotopic (exact) mass is 306 g/mol. The average molecular weight is 307 g/mol. The minimum atomic E-state index is -0.513. The van der Waals surface area contributed by atoms with Gasteiger partial charge in [-0.05, 0) is 12.1 Å². The summed E-state index contributed by atoms with van der Waals surface area (Å²) in [6.07, 6.45) is 1.64. The van der Waals surface area contributed by atoms with Gasteiger partial charge in [-0.1, -0.05) is 23.2 Å². The molecule has 0 unspecified atom stereocenters. The maximum atomic E-state index is 13.9. The number of methoxy groups -OCH3 is 1. The van der Waals surface area contributed by atoms with Crippen LogP contribution in [0.3, 0.4) is 0 Å². The standard InChI is InChI=1S/C11H9Cl2FN2OS/c1-17-10-7(12)2-3-8(9(10)14)15-4-6-5-16-11(13)18-6/h2-3,5,15H,4H2,1H3. The highest BCUT2D eigenvalue weighted by Crippen LogP contribution is 2.32. The number of ether oxygens (including phenoxy) is 1. The van der Waals surface area contributed by atoms with E-state index in [0.717, 1.165) is 4.88 Å². The molecule has 3 nitrogen and oxygen atoms in total. The van der Waals surface area contributed by atoms with Gasteiger partial charge in [0.2, 0.25) is 0 Å². The first-order valence-electron chi connectivity index (χ1n) is 4.98. The third-order valence-corrected chi connectivity index (χ3v) is 3.64. The zero-order valence-electron chi connectivity index (χ0n) is 9.34. The van der Waals surface area contributed by atoms with Crippen LogP contribution in [-0.4, -0.2) is 12.1 Å². The third-order valence-electron chi connectivity index (χ3n) is 2.23. The SMILES string of the molecule is COc1c(Cl)ccc(NCc2cnc(Cl)s2)c1F. The van der Waals surface area contributed by atoms with Crippen molar-refractivity contribution >= 4 is 40.2 Å². The molecule has 0 radical (unpaired) electrons. The van der Waals surface area contributed by atoms with Crippen molar-refractivity contribution in [1.82, 2.24) is 4.98 Å². The van der Waals surface area contributed by atoms with Crippen LogP contribution in [0.1, 0.15) is 4.88 Å². The number of hydrogen-bond donors (Lipinski definition) is 1. The van der Waals surface area contributed by atoms with E-state index in [-0.39, 0.29) is 10.8 Å². The highest BCUT2D eigenvalue weighted by Gasteiger charge is 2.12. The molecule has 0 saturated carbocycles. The second-order valence-electron chi connectivity index (χ2n) is 3.38. The predicted octanol–water partition coefficient (Wildman–Crippen LogP) is 4.21. The Bertz CT molecular complexity index is 562. The summed E-state index contributed by atoms with van der Waals surface area (Å²) in [6.45, 7) is 0.437. The van der Waals surface area contributed by atoms with E-state index in [4.69, 9.17) is 27.9 Å². The van der Waals surface area contributed by atoms with E-state index in [1.807, 2.05) is 0 Å². The van der Waals surface area contributed by atoms with E-state index >= 15 is 0 Å². The number of nitrogens with one attached hydrogen (secondary N) is 1. The van der Waals surface area contributed by atoms with Crippen molar-refractivity contribution in [1.29, 1.82) is 0 Å². The van der Waals surface area contributed by atoms with Crippen LogP contribution in [0.25, 0.3) is 0 Å². The van der Waals surface area contributed by atoms with Crippen LogP contribution < -0.4 is 10.1 Å². The van der Waals surface area contributed by atoms with Crippen LogP contribution in [0.2, 0.25) is 9.49 Å². The molecule has 0 fully saturated rings. The summed E-state index contributed by atoms with van der Waals surface area (Å²) in [7, 11) is 1.37. The van der Waals surface area contributed by atoms with Gasteiger partial charge in [0.15, 0.2) is 16.0 Å². The van der Waals surface area contributed by atoms with Gasteiger partial charge in [0.05, 0.1) is 24.4 Å². The molecule has 0 saturated heterocycles. The molecule has 0 aliphatic rings. The lowest BCUT2D eigenvalue weighted by atomic mass is 10.2. The molecule has 0 amide bonds. The van der Waals surface area contributed by atoms with E-state index < -0.39 is 5.82 Å². The number of anilines is 1. The number of thiazole rings is 1. The molecule has 1 aromatic heterocycles. The second kappa shape index (κ2) is 5.73. The van der Waals surface area contributed by atoms with E-state index in [1.165, 1.54) is 18.4 Å². The first kappa shape index (κ1) is 13.4. The van der Waals surface area contributed by atoms with Gasteiger partial charge in [-0.3, -0.25) is 0 Å². The highest BCUT2D eigenvalue weighted by atomic mass is 35.5. The normalized spacial score (nSPS) is 10.4. The van der Waals surface area contributed by atoms with Crippen molar-refractivity contribution in [2.45, 2.75) is 6.54 Å². The van der Waals surface area contributed by atoms with Crippen LogP contribution in [0.4, 0.5) is 10.1 Å². The van der Waals surface area contributed by atoms with Crippen LogP contribution >= 0.6 is 34.5 Å². The van der Waals surface area contributed by atoms with Gasteiger partial charge in [-0.25, -0.2) is 9.37 Å². The Labute approximate surface area is 118 Å². The Kier molecular flexibility index (Phi) is 4.27. The fourth-order valence-corrected chi connectivity index (χ4v) is 2.54. The van der Waals surface area contributed by atoms with Gasteiger partial charge in [0.25, 0.3) is 0 Å². The van der Waals surface area contributed by atoms with E-state index in [0.29, 0.717) is 16.7 Å². The molecule has 7 heteroatoms. The summed E-state index contributed by atoms with van der Waals surface area (Å²) < 4.78 is 19.3. The Morgan fingerprint density at radius 3 is 2.83 bits per heavy atom. The minimum absolute atomic E-state index is 0.0315. The molecule has 0 aliphatic heterocycles. The van der Waals surface area contributed by atoms with Crippen molar-refractivity contribution in [3.63, 3.8) is 0 Å².